The van der Waals surface area contributed by atoms with E-state index < -0.39 is 12.1 Å². The molecule has 0 bridgehead atoms. The molecule has 1 aliphatic heterocycles. The Morgan fingerprint density at radius 2 is 2.18 bits per heavy atom. The number of aliphatic hydroxyl groups is 1. The molecule has 1 heterocycles. The lowest BCUT2D eigenvalue weighted by Gasteiger charge is -2.12. The molecule has 17 heavy (non-hydrogen) atoms. The van der Waals surface area contributed by atoms with E-state index in [4.69, 9.17) is 14.2 Å². The van der Waals surface area contributed by atoms with Gasteiger partial charge in [0.2, 0.25) is 6.79 Å². The van der Waals surface area contributed by atoms with Gasteiger partial charge < -0.3 is 19.3 Å². The van der Waals surface area contributed by atoms with Gasteiger partial charge in [-0.3, -0.25) is 0 Å². The van der Waals surface area contributed by atoms with E-state index in [1.54, 1.807) is 19.1 Å². The third kappa shape index (κ3) is 2.06. The van der Waals surface area contributed by atoms with E-state index >= 15 is 0 Å². The first-order valence-corrected chi connectivity index (χ1v) is 5.39. The van der Waals surface area contributed by atoms with Crippen molar-refractivity contribution in [2.45, 2.75) is 20.0 Å². The van der Waals surface area contributed by atoms with E-state index in [1.807, 2.05) is 6.92 Å². The van der Waals surface area contributed by atoms with Crippen LogP contribution in [0.2, 0.25) is 0 Å². The highest BCUT2D eigenvalue weighted by molar-refractivity contribution is 5.78. The highest BCUT2D eigenvalue weighted by Gasteiger charge is 2.28. The molecule has 1 aromatic rings. The maximum atomic E-state index is 11.5. The molecule has 2 rings (SSSR count). The van der Waals surface area contributed by atoms with Gasteiger partial charge in [0.15, 0.2) is 17.6 Å². The maximum absolute atomic E-state index is 11.5. The van der Waals surface area contributed by atoms with Crippen LogP contribution < -0.4 is 9.47 Å². The maximum Gasteiger partial charge on any atom is 0.339 e. The molecule has 1 N–H and O–H groups in total. The number of rotatable bonds is 3. The topological polar surface area (TPSA) is 65.0 Å². The van der Waals surface area contributed by atoms with E-state index in [9.17, 15) is 9.90 Å². The molecule has 1 aromatic carbocycles. The van der Waals surface area contributed by atoms with Crippen LogP contribution in [0.5, 0.6) is 11.5 Å². The van der Waals surface area contributed by atoms with Crippen LogP contribution in [0.15, 0.2) is 12.1 Å². The quantitative estimate of drug-likeness (QED) is 0.804. The summed E-state index contributed by atoms with van der Waals surface area (Å²) in [5.74, 6) is 0.311. The van der Waals surface area contributed by atoms with Crippen LogP contribution in [0, 0.1) is 6.92 Å². The van der Waals surface area contributed by atoms with Crippen molar-refractivity contribution in [1.29, 1.82) is 0 Å². The number of benzene rings is 1. The summed E-state index contributed by atoms with van der Waals surface area (Å²) in [5, 5.41) is 9.87. The number of carbonyl (C=O) groups excluding carboxylic acids is 1. The molecule has 0 radical (unpaired) electrons. The molecule has 1 atom stereocenters. The molecule has 5 heteroatoms. The Bertz CT molecular complexity index is 441. The van der Waals surface area contributed by atoms with Gasteiger partial charge in [-0.15, -0.1) is 0 Å². The minimum Gasteiger partial charge on any atom is -0.464 e. The van der Waals surface area contributed by atoms with Crippen LogP contribution in [0.3, 0.4) is 0 Å². The van der Waals surface area contributed by atoms with Crippen LogP contribution in [0.4, 0.5) is 0 Å². The SMILES string of the molecule is CCOC(=O)C(O)c1ccc(C)c2c1OCO2. The molecular weight excluding hydrogens is 224 g/mol. The lowest BCUT2D eigenvalue weighted by molar-refractivity contribution is -0.153. The molecule has 0 amide bonds. The van der Waals surface area contributed by atoms with Crippen molar-refractivity contribution in [1.82, 2.24) is 0 Å². The second-order valence-electron chi connectivity index (χ2n) is 3.69. The Morgan fingerprint density at radius 3 is 2.88 bits per heavy atom. The third-order valence-electron chi connectivity index (χ3n) is 2.55. The predicted octanol–water partition coefficient (Wildman–Crippen LogP) is 1.32. The van der Waals surface area contributed by atoms with Crippen molar-refractivity contribution < 1.29 is 24.1 Å². The van der Waals surface area contributed by atoms with E-state index in [-0.39, 0.29) is 13.4 Å². The van der Waals surface area contributed by atoms with Crippen molar-refractivity contribution in [2.75, 3.05) is 13.4 Å². The number of aryl methyl sites for hydroxylation is 1. The Kier molecular flexibility index (Phi) is 3.19. The van der Waals surface area contributed by atoms with Crippen molar-refractivity contribution in [2.24, 2.45) is 0 Å². The Morgan fingerprint density at radius 1 is 1.47 bits per heavy atom. The summed E-state index contributed by atoms with van der Waals surface area (Å²) in [6.07, 6.45) is -1.34. The van der Waals surface area contributed by atoms with Gasteiger partial charge in [0, 0.05) is 5.56 Å². The number of hydrogen-bond acceptors (Lipinski definition) is 5. The van der Waals surface area contributed by atoms with Crippen LogP contribution in [0.25, 0.3) is 0 Å². The van der Waals surface area contributed by atoms with Gasteiger partial charge in [-0.05, 0) is 19.4 Å². The van der Waals surface area contributed by atoms with Crippen LogP contribution >= 0.6 is 0 Å². The Labute approximate surface area is 98.9 Å². The molecule has 1 aliphatic rings. The molecule has 0 spiro atoms. The first-order valence-electron chi connectivity index (χ1n) is 5.39. The van der Waals surface area contributed by atoms with E-state index in [2.05, 4.69) is 0 Å². The molecule has 0 aliphatic carbocycles. The molecule has 92 valence electrons. The number of aliphatic hydroxyl groups excluding tert-OH is 1. The monoisotopic (exact) mass is 238 g/mol. The van der Waals surface area contributed by atoms with Gasteiger partial charge in [-0.1, -0.05) is 12.1 Å². The molecule has 5 nitrogen and oxygen atoms in total. The highest BCUT2D eigenvalue weighted by atomic mass is 16.7. The molecule has 0 saturated heterocycles. The second-order valence-corrected chi connectivity index (χ2v) is 3.69. The van der Waals surface area contributed by atoms with Crippen molar-refractivity contribution in [3.8, 4) is 11.5 Å². The average Bonchev–Trinajstić information content (AvgIpc) is 2.79. The van der Waals surface area contributed by atoms with Gasteiger partial charge in [-0.25, -0.2) is 4.79 Å². The van der Waals surface area contributed by atoms with Crippen molar-refractivity contribution in [3.63, 3.8) is 0 Å². The number of carbonyl (C=O) groups is 1. The largest absolute Gasteiger partial charge is 0.464 e. The van der Waals surface area contributed by atoms with Gasteiger partial charge in [0.05, 0.1) is 6.61 Å². The van der Waals surface area contributed by atoms with Gasteiger partial charge in [-0.2, -0.15) is 0 Å². The van der Waals surface area contributed by atoms with Gasteiger partial charge in [0.1, 0.15) is 0 Å². The molecule has 0 fully saturated rings. The zero-order valence-electron chi connectivity index (χ0n) is 9.73. The number of ether oxygens (including phenoxy) is 3. The molecular formula is C12H14O5. The number of hydrogen-bond donors (Lipinski definition) is 1. The first-order chi connectivity index (χ1) is 8.15. The zero-order valence-corrected chi connectivity index (χ0v) is 9.73. The molecule has 0 aromatic heterocycles. The highest BCUT2D eigenvalue weighted by Crippen LogP contribution is 2.41. The second kappa shape index (κ2) is 4.63. The zero-order chi connectivity index (χ0) is 12.4. The van der Waals surface area contributed by atoms with Crippen LogP contribution in [-0.4, -0.2) is 24.5 Å². The van der Waals surface area contributed by atoms with E-state index in [0.717, 1.165) is 5.56 Å². The standard InChI is InChI=1S/C12H14O5/c1-3-15-12(14)9(13)8-5-4-7(2)10-11(8)17-6-16-10/h4-5,9,13H,3,6H2,1-2H3. The summed E-state index contributed by atoms with van der Waals surface area (Å²) in [6.45, 7) is 3.88. The smallest absolute Gasteiger partial charge is 0.339 e. The first kappa shape index (κ1) is 11.7. The summed E-state index contributed by atoms with van der Waals surface area (Å²) in [5.41, 5.74) is 1.28. The minimum atomic E-state index is -1.34. The Hall–Kier alpha value is -1.75. The lowest BCUT2D eigenvalue weighted by atomic mass is 10.0. The summed E-state index contributed by atoms with van der Waals surface area (Å²) >= 11 is 0. The van der Waals surface area contributed by atoms with E-state index in [1.165, 1.54) is 0 Å². The third-order valence-corrected chi connectivity index (χ3v) is 2.55. The summed E-state index contributed by atoms with van der Waals surface area (Å²) in [6, 6.07) is 3.41. The van der Waals surface area contributed by atoms with Crippen LogP contribution in [-0.2, 0) is 9.53 Å². The summed E-state index contributed by atoms with van der Waals surface area (Å²) in [7, 11) is 0. The van der Waals surface area contributed by atoms with Crippen LogP contribution in [0.1, 0.15) is 24.2 Å². The fourth-order valence-corrected chi connectivity index (χ4v) is 1.72. The predicted molar refractivity (Wildman–Crippen MR) is 58.9 cm³/mol. The van der Waals surface area contributed by atoms with Crippen molar-refractivity contribution >= 4 is 5.97 Å². The van der Waals surface area contributed by atoms with E-state index in [0.29, 0.717) is 17.1 Å². The lowest BCUT2D eigenvalue weighted by Crippen LogP contribution is -2.15. The fourth-order valence-electron chi connectivity index (χ4n) is 1.72. The van der Waals surface area contributed by atoms with Gasteiger partial charge >= 0.3 is 5.97 Å². The Balaban J connectivity index is 2.34. The molecule has 1 unspecified atom stereocenters. The molecule has 0 saturated carbocycles. The van der Waals surface area contributed by atoms with Gasteiger partial charge in [0.25, 0.3) is 0 Å². The summed E-state index contributed by atoms with van der Waals surface area (Å²) in [4.78, 5) is 11.5. The number of fused-ring (bicyclic) bond motifs is 1. The average molecular weight is 238 g/mol. The normalized spacial score (nSPS) is 14.5. The fraction of sp³-hybridized carbons (Fsp3) is 0.417. The minimum absolute atomic E-state index is 0.0999. The number of esters is 1. The summed E-state index contributed by atoms with van der Waals surface area (Å²) < 4.78 is 15.3. The van der Waals surface area contributed by atoms with Crippen molar-refractivity contribution in [3.05, 3.63) is 23.3 Å².